The van der Waals surface area contributed by atoms with E-state index in [0.717, 1.165) is 38.5 Å². The molecule has 0 aliphatic carbocycles. The fourth-order valence-corrected chi connectivity index (χ4v) is 8.81. The van der Waals surface area contributed by atoms with Crippen LogP contribution in [0, 0.1) is 0 Å². The summed E-state index contributed by atoms with van der Waals surface area (Å²) >= 11 is 0. The summed E-state index contributed by atoms with van der Waals surface area (Å²) in [5.74, 6) is -1.32. The lowest BCUT2D eigenvalue weighted by atomic mass is 10.0. The van der Waals surface area contributed by atoms with Gasteiger partial charge in [-0.2, -0.15) is 0 Å². The molecule has 6 unspecified atom stereocenters. The highest BCUT2D eigenvalue weighted by Gasteiger charge is 2.21. The lowest BCUT2D eigenvalue weighted by molar-refractivity contribution is -0.125. The van der Waals surface area contributed by atoms with Crippen LogP contribution in [-0.2, 0) is 28.7 Å². The summed E-state index contributed by atoms with van der Waals surface area (Å²) in [5, 5.41) is 32.3. The van der Waals surface area contributed by atoms with Gasteiger partial charge in [0.15, 0.2) is 0 Å². The molecule has 0 saturated carbocycles. The van der Waals surface area contributed by atoms with E-state index in [0.29, 0.717) is 58.0 Å². The van der Waals surface area contributed by atoms with Crippen molar-refractivity contribution in [2.24, 2.45) is 28.7 Å². The zero-order valence-electron chi connectivity index (χ0n) is 52.2. The molecule has 0 saturated heterocycles. The van der Waals surface area contributed by atoms with Crippen LogP contribution >= 0.6 is 0 Å². The molecule has 0 aromatic rings. The number of hydrogen-bond donors (Lipinski definition) is 12. The molecular weight excluding hydrogens is 1020 g/mol. The van der Waals surface area contributed by atoms with Gasteiger partial charge in [0, 0.05) is 6.54 Å². The van der Waals surface area contributed by atoms with E-state index in [-0.39, 0.29) is 37.8 Å². The first-order valence-corrected chi connectivity index (χ1v) is 32.4. The average molecular weight is 1150 g/mol. The van der Waals surface area contributed by atoms with Crippen LogP contribution in [0.25, 0.3) is 0 Å². The molecule has 17 N–H and O–H groups in total. The second-order valence-electron chi connectivity index (χ2n) is 21.9. The van der Waals surface area contributed by atoms with Gasteiger partial charge >= 0.3 is 0 Å². The molecule has 0 aliphatic rings. The molecule has 18 heteroatoms. The van der Waals surface area contributed by atoms with Crippen molar-refractivity contribution >= 4 is 29.9 Å². The number of aliphatic hydroxyl groups is 2. The summed E-state index contributed by atoms with van der Waals surface area (Å²) in [7, 11) is 1.76. The van der Waals surface area contributed by atoms with E-state index in [2.05, 4.69) is 71.7 Å². The zero-order valence-corrected chi connectivity index (χ0v) is 52.2. The van der Waals surface area contributed by atoms with E-state index in [1.54, 1.807) is 7.05 Å². The van der Waals surface area contributed by atoms with Gasteiger partial charge in [-0.15, -0.1) is 0 Å². The van der Waals surface area contributed by atoms with Gasteiger partial charge in [0.1, 0.15) is 12.3 Å². The monoisotopic (exact) mass is 1150 g/mol. The maximum Gasteiger partial charge on any atom is 0.237 e. The summed E-state index contributed by atoms with van der Waals surface area (Å²) in [6.45, 7) is 7.92. The number of aliphatic hydroxyl groups excluding tert-OH is 2. The second-order valence-corrected chi connectivity index (χ2v) is 21.9. The Bertz CT molecular complexity index is 1450. The first-order chi connectivity index (χ1) is 39.4. The Kier molecular flexibility index (Phi) is 66.5. The van der Waals surface area contributed by atoms with Crippen molar-refractivity contribution in [1.82, 2.24) is 26.6 Å². The van der Waals surface area contributed by atoms with Crippen molar-refractivity contribution in [3.05, 3.63) is 24.3 Å². The minimum atomic E-state index is -0.863. The standard InChI is InChI=1S/C36H73N7O5.C18H36.C9H19N3O3/c1-3-4-5-6-7-8-9-10-11-12-13-14-15-16-17-20-26-41-36(47)33(40-2)24-21-23-32(34(39)45)42-29-48-28-30(27-44)43-35(46)31(38)22-18-19-25-37;1-3-5-7-9-11-13-15-17-18-16-14-12-10-8-6-4-2;10-4-2-1-3-8(11)9(15)12-7(5-13)6-14/h10-11,30-33,40,42,44H,3-9,12-29,37-38H2,1-2H3,(H2,39,45)(H,41,47)(H,43,46);17-18H,3-16H2,1-2H3;5,7-8,14H,1-4,6,10-11H2,(H,12,15)/b11-10-;18-17-;. The van der Waals surface area contributed by atoms with E-state index < -0.39 is 48.6 Å². The van der Waals surface area contributed by atoms with Gasteiger partial charge in [-0.25, -0.2) is 0 Å². The van der Waals surface area contributed by atoms with Crippen molar-refractivity contribution in [2.45, 2.75) is 295 Å². The minimum absolute atomic E-state index is 0.00876. The number of primary amides is 1. The Balaban J connectivity index is -0.00000149. The van der Waals surface area contributed by atoms with Crippen LogP contribution in [0.4, 0.5) is 0 Å². The van der Waals surface area contributed by atoms with Crippen molar-refractivity contribution in [3.8, 4) is 0 Å². The molecule has 0 heterocycles. The molecule has 6 atom stereocenters. The van der Waals surface area contributed by atoms with Gasteiger partial charge < -0.3 is 69.7 Å². The lowest BCUT2D eigenvalue weighted by Crippen LogP contribution is -2.49. The van der Waals surface area contributed by atoms with E-state index in [4.69, 9.17) is 38.5 Å². The van der Waals surface area contributed by atoms with Crippen LogP contribution in [0.1, 0.15) is 258 Å². The Labute approximate surface area is 494 Å². The molecule has 0 aromatic carbocycles. The molecule has 0 aliphatic heterocycles. The van der Waals surface area contributed by atoms with E-state index in [1.165, 1.54) is 167 Å². The van der Waals surface area contributed by atoms with Crippen LogP contribution in [0.5, 0.6) is 0 Å². The van der Waals surface area contributed by atoms with Gasteiger partial charge in [-0.05, 0) is 123 Å². The fourth-order valence-electron chi connectivity index (χ4n) is 8.81. The van der Waals surface area contributed by atoms with Crippen molar-refractivity contribution in [1.29, 1.82) is 0 Å². The maximum absolute atomic E-state index is 12.7. The molecule has 478 valence electrons. The number of hydrogen-bond acceptors (Lipinski definition) is 14. The highest BCUT2D eigenvalue weighted by molar-refractivity contribution is 5.84. The second kappa shape index (κ2) is 65.8. The number of likely N-dealkylation sites (N-methyl/N-ethyl adjacent to an activating group) is 1. The molecule has 18 nitrogen and oxygen atoms in total. The van der Waals surface area contributed by atoms with Gasteiger partial charge in [0.05, 0.1) is 56.8 Å². The summed E-state index contributed by atoms with van der Waals surface area (Å²) in [4.78, 5) is 58.5. The number of nitrogens with two attached hydrogens (primary N) is 5. The van der Waals surface area contributed by atoms with Crippen LogP contribution < -0.4 is 55.3 Å². The third kappa shape index (κ3) is 58.2. The summed E-state index contributed by atoms with van der Waals surface area (Å²) in [5.41, 5.74) is 27.8. The van der Waals surface area contributed by atoms with Crippen LogP contribution in [0.2, 0.25) is 0 Å². The molecule has 0 aromatic heterocycles. The smallest absolute Gasteiger partial charge is 0.237 e. The summed E-state index contributed by atoms with van der Waals surface area (Å²) in [6.07, 6.45) is 52.9. The summed E-state index contributed by atoms with van der Waals surface area (Å²) < 4.78 is 5.53. The van der Waals surface area contributed by atoms with Crippen LogP contribution in [0.15, 0.2) is 24.3 Å². The zero-order chi connectivity index (χ0) is 60.7. The van der Waals surface area contributed by atoms with Crippen molar-refractivity contribution < 1.29 is 38.9 Å². The molecule has 0 fully saturated rings. The Morgan fingerprint density at radius 2 is 0.901 bits per heavy atom. The molecular formula is C63H128N10O8. The summed E-state index contributed by atoms with van der Waals surface area (Å²) in [6, 6.07) is -3.80. The van der Waals surface area contributed by atoms with Crippen molar-refractivity contribution in [3.63, 3.8) is 0 Å². The fraction of sp³-hybridized carbons (Fsp3) is 0.857. The third-order valence-electron chi connectivity index (χ3n) is 14.2. The minimum Gasteiger partial charge on any atom is -0.394 e. The number of carbonyl (C=O) groups is 5. The van der Waals surface area contributed by atoms with Gasteiger partial charge in [-0.1, -0.05) is 180 Å². The molecule has 0 bridgehead atoms. The first-order valence-electron chi connectivity index (χ1n) is 32.4. The molecule has 0 radical (unpaired) electrons. The van der Waals surface area contributed by atoms with E-state index >= 15 is 0 Å². The number of allylic oxidation sites excluding steroid dienone is 4. The normalized spacial score (nSPS) is 13.6. The SMILES string of the molecule is CCCCCCCC/C=C\CCCCCCCC.CCCCCCCC/C=C\CCCCCCCCNC(=O)C(CCCC(NCOCC(CO)NC(=O)C(N)CCCCN)C(N)=O)NC.NCCCCC(N)C(=O)NC(C=O)CO. The Morgan fingerprint density at radius 1 is 0.494 bits per heavy atom. The predicted octanol–water partition coefficient (Wildman–Crippen LogP) is 8.41. The predicted molar refractivity (Wildman–Crippen MR) is 337 cm³/mol. The number of carbonyl (C=O) groups excluding carboxylic acids is 5. The van der Waals surface area contributed by atoms with E-state index in [9.17, 15) is 29.1 Å². The largest absolute Gasteiger partial charge is 0.394 e. The average Bonchev–Trinajstić information content (AvgIpc) is 3.46. The molecule has 0 spiro atoms. The topological polar surface area (TPSA) is 325 Å². The molecule has 4 amide bonds. The highest BCUT2D eigenvalue weighted by atomic mass is 16.5. The van der Waals surface area contributed by atoms with Crippen LogP contribution in [0.3, 0.4) is 0 Å². The number of amides is 4. The number of aldehydes is 1. The van der Waals surface area contributed by atoms with Crippen molar-refractivity contribution in [2.75, 3.05) is 53.2 Å². The van der Waals surface area contributed by atoms with Gasteiger partial charge in [-0.3, -0.25) is 24.5 Å². The molecule has 81 heavy (non-hydrogen) atoms. The first kappa shape index (κ1) is 81.9. The highest BCUT2D eigenvalue weighted by Crippen LogP contribution is 2.12. The quantitative estimate of drug-likeness (QED) is 0.0118. The van der Waals surface area contributed by atoms with Gasteiger partial charge in [0.25, 0.3) is 0 Å². The van der Waals surface area contributed by atoms with Crippen LogP contribution in [-0.4, -0.2) is 130 Å². The van der Waals surface area contributed by atoms with E-state index in [1.807, 2.05) is 0 Å². The number of unbranched alkanes of at least 4 members (excludes halogenated alkanes) is 26. The number of ether oxygens (including phenoxy) is 1. The Morgan fingerprint density at radius 3 is 1.28 bits per heavy atom. The lowest BCUT2D eigenvalue weighted by Gasteiger charge is -2.21. The van der Waals surface area contributed by atoms with Gasteiger partial charge in [0.2, 0.25) is 23.6 Å². The third-order valence-corrected chi connectivity index (χ3v) is 14.2. The molecule has 0 rings (SSSR count). The number of rotatable bonds is 57. The Hall–Kier alpha value is -3.33. The number of nitrogens with one attached hydrogen (secondary N) is 5. The maximum atomic E-state index is 12.7.